The Labute approximate surface area is 111 Å². The maximum atomic E-state index is 11.3. The van der Waals surface area contributed by atoms with Crippen LogP contribution in [0.2, 0.25) is 0 Å². The average Bonchev–Trinajstić information content (AvgIpc) is 2.65. The maximum absolute atomic E-state index is 11.3. The number of thiophene rings is 1. The van der Waals surface area contributed by atoms with Crippen LogP contribution in [0.4, 0.5) is 9.80 Å². The van der Waals surface area contributed by atoms with E-state index >= 15 is 0 Å². The van der Waals surface area contributed by atoms with E-state index in [0.29, 0.717) is 10.6 Å². The summed E-state index contributed by atoms with van der Waals surface area (Å²) in [5, 5.41) is 12.6. The van der Waals surface area contributed by atoms with E-state index in [4.69, 9.17) is 0 Å². The lowest BCUT2D eigenvalue weighted by atomic mass is 9.97. The predicted octanol–water partition coefficient (Wildman–Crippen LogP) is 3.46. The molecule has 18 heavy (non-hydrogen) atoms. The Bertz CT molecular complexity index is 488. The minimum Gasteiger partial charge on any atom is -0.453 e. The van der Waals surface area contributed by atoms with Crippen LogP contribution >= 0.6 is 11.3 Å². The van der Waals surface area contributed by atoms with E-state index in [0.717, 1.165) is 31.2 Å². The number of fused-ring (bicyclic) bond motifs is 1. The molecule has 1 aliphatic carbocycles. The summed E-state index contributed by atoms with van der Waals surface area (Å²) in [6.45, 7) is 0. The van der Waals surface area contributed by atoms with Gasteiger partial charge in [-0.3, -0.25) is 5.32 Å². The molecule has 0 bridgehead atoms. The van der Waals surface area contributed by atoms with Crippen LogP contribution in [0.3, 0.4) is 0 Å². The normalized spacial score (nSPS) is 14.9. The van der Waals surface area contributed by atoms with Gasteiger partial charge in [-0.05, 0) is 31.2 Å². The van der Waals surface area contributed by atoms with E-state index in [1.54, 1.807) is 0 Å². The Kier molecular flexibility index (Phi) is 4.21. The molecule has 4 nitrogen and oxygen atoms in total. The highest BCUT2D eigenvalue weighted by atomic mass is 32.1. The van der Waals surface area contributed by atoms with Crippen molar-refractivity contribution in [3.63, 3.8) is 0 Å². The van der Waals surface area contributed by atoms with Crippen LogP contribution in [0.15, 0.2) is 0 Å². The molecule has 0 aliphatic heterocycles. The summed E-state index contributed by atoms with van der Waals surface area (Å²) in [6, 6.07) is 2.22. The van der Waals surface area contributed by atoms with Crippen molar-refractivity contribution in [2.75, 3.05) is 12.4 Å². The van der Waals surface area contributed by atoms with Crippen molar-refractivity contribution < 1.29 is 9.53 Å². The number of hydrogen-bond acceptors (Lipinski definition) is 4. The third-order valence-electron chi connectivity index (χ3n) is 3.18. The molecule has 5 heteroatoms. The fourth-order valence-corrected chi connectivity index (χ4v) is 3.49. The Morgan fingerprint density at radius 3 is 2.72 bits per heavy atom. The highest BCUT2D eigenvalue weighted by Gasteiger charge is 2.20. The number of aryl methyl sites for hydroxylation is 1. The van der Waals surface area contributed by atoms with Crippen LogP contribution in [-0.2, 0) is 17.6 Å². The van der Waals surface area contributed by atoms with Gasteiger partial charge < -0.3 is 4.74 Å². The molecule has 0 unspecified atom stereocenters. The molecular weight excluding hydrogens is 248 g/mol. The number of nitrogens with one attached hydrogen (secondary N) is 1. The summed E-state index contributed by atoms with van der Waals surface area (Å²) in [5.41, 5.74) is 1.76. The first-order chi connectivity index (χ1) is 8.76. The quantitative estimate of drug-likeness (QED) is 0.845. The van der Waals surface area contributed by atoms with Crippen molar-refractivity contribution in [1.82, 2.24) is 0 Å². The largest absolute Gasteiger partial charge is 0.453 e. The van der Waals surface area contributed by atoms with Gasteiger partial charge in [0.2, 0.25) is 0 Å². The first-order valence-corrected chi connectivity index (χ1v) is 6.97. The fraction of sp³-hybridized carbons (Fsp3) is 0.538. The number of carbonyl (C=O) groups is 1. The minimum absolute atomic E-state index is 0.513. The number of amides is 1. The van der Waals surface area contributed by atoms with Crippen LogP contribution in [0.5, 0.6) is 0 Å². The molecular formula is C13H16N2O2S. The fourth-order valence-electron chi connectivity index (χ4n) is 2.27. The molecule has 0 radical (unpaired) electrons. The van der Waals surface area contributed by atoms with Crippen molar-refractivity contribution in [3.8, 4) is 6.07 Å². The molecule has 96 valence electrons. The number of ether oxygens (including phenoxy) is 1. The summed E-state index contributed by atoms with van der Waals surface area (Å²) in [7, 11) is 1.32. The molecule has 0 spiro atoms. The van der Waals surface area contributed by atoms with Crippen LogP contribution in [0.25, 0.3) is 0 Å². The molecule has 1 aliphatic rings. The van der Waals surface area contributed by atoms with Crippen molar-refractivity contribution in [2.24, 2.45) is 0 Å². The zero-order chi connectivity index (χ0) is 13.0. The Morgan fingerprint density at radius 2 is 2.06 bits per heavy atom. The second kappa shape index (κ2) is 5.87. The summed E-state index contributed by atoms with van der Waals surface area (Å²) < 4.78 is 4.58. The molecule has 0 saturated heterocycles. The van der Waals surface area contributed by atoms with Gasteiger partial charge in [0.15, 0.2) is 0 Å². The smallest absolute Gasteiger partial charge is 0.411 e. The Morgan fingerprint density at radius 1 is 1.33 bits per heavy atom. The number of hydrogen-bond donors (Lipinski definition) is 1. The Balaban J connectivity index is 2.33. The molecule has 1 N–H and O–H groups in total. The first-order valence-electron chi connectivity index (χ1n) is 6.16. The highest BCUT2D eigenvalue weighted by Crippen LogP contribution is 2.36. The molecule has 2 rings (SSSR count). The van der Waals surface area contributed by atoms with Gasteiger partial charge >= 0.3 is 6.09 Å². The molecule has 1 heterocycles. The first kappa shape index (κ1) is 12.9. The SMILES string of the molecule is COC(=O)Nc1sc2c(c1C#N)CCCCCC2. The van der Waals surface area contributed by atoms with Gasteiger partial charge in [0, 0.05) is 4.88 Å². The van der Waals surface area contributed by atoms with Gasteiger partial charge in [-0.15, -0.1) is 11.3 Å². The number of rotatable bonds is 1. The number of nitrogens with zero attached hydrogens (tertiary/aromatic N) is 1. The van der Waals surface area contributed by atoms with Gasteiger partial charge in [0.25, 0.3) is 0 Å². The lowest BCUT2D eigenvalue weighted by Crippen LogP contribution is -2.10. The van der Waals surface area contributed by atoms with E-state index in [-0.39, 0.29) is 0 Å². The second-order valence-corrected chi connectivity index (χ2v) is 5.46. The maximum Gasteiger partial charge on any atom is 0.411 e. The van der Waals surface area contributed by atoms with Crippen LogP contribution in [-0.4, -0.2) is 13.2 Å². The van der Waals surface area contributed by atoms with Crippen molar-refractivity contribution in [3.05, 3.63) is 16.0 Å². The molecule has 0 saturated carbocycles. The Hall–Kier alpha value is -1.54. The lowest BCUT2D eigenvalue weighted by Gasteiger charge is -2.08. The number of anilines is 1. The third kappa shape index (κ3) is 2.65. The topological polar surface area (TPSA) is 62.1 Å². The molecule has 0 atom stereocenters. The van der Waals surface area contributed by atoms with E-state index in [1.165, 1.54) is 36.2 Å². The summed E-state index contributed by atoms with van der Waals surface area (Å²) in [4.78, 5) is 12.5. The van der Waals surface area contributed by atoms with Crippen LogP contribution in [0.1, 0.15) is 41.7 Å². The van der Waals surface area contributed by atoms with E-state index < -0.39 is 6.09 Å². The van der Waals surface area contributed by atoms with Crippen LogP contribution < -0.4 is 5.32 Å². The van der Waals surface area contributed by atoms with E-state index in [9.17, 15) is 10.1 Å². The highest BCUT2D eigenvalue weighted by molar-refractivity contribution is 7.16. The zero-order valence-electron chi connectivity index (χ0n) is 10.4. The van der Waals surface area contributed by atoms with Gasteiger partial charge in [-0.1, -0.05) is 12.8 Å². The van der Waals surface area contributed by atoms with Crippen molar-refractivity contribution >= 4 is 22.4 Å². The monoisotopic (exact) mass is 264 g/mol. The molecule has 1 aromatic rings. The summed E-state index contributed by atoms with van der Waals surface area (Å²) in [5.74, 6) is 0. The number of nitriles is 1. The average molecular weight is 264 g/mol. The third-order valence-corrected chi connectivity index (χ3v) is 4.39. The van der Waals surface area contributed by atoms with E-state index in [1.807, 2.05) is 0 Å². The molecule has 0 fully saturated rings. The van der Waals surface area contributed by atoms with Gasteiger partial charge in [0.1, 0.15) is 11.1 Å². The standard InChI is InChI=1S/C13H16N2O2S/c1-17-13(16)15-12-10(8-14)9-6-4-2-3-5-7-11(9)18-12/h2-7H2,1H3,(H,15,16). The number of carbonyl (C=O) groups excluding carboxylic acids is 1. The predicted molar refractivity (Wildman–Crippen MR) is 70.9 cm³/mol. The minimum atomic E-state index is -0.513. The van der Waals surface area contributed by atoms with Crippen molar-refractivity contribution in [1.29, 1.82) is 5.26 Å². The van der Waals surface area contributed by atoms with Gasteiger partial charge in [-0.2, -0.15) is 5.26 Å². The second-order valence-electron chi connectivity index (χ2n) is 4.35. The molecule has 1 aromatic heterocycles. The van der Waals surface area contributed by atoms with Gasteiger partial charge in [0.05, 0.1) is 12.7 Å². The number of methoxy groups -OCH3 is 1. The lowest BCUT2D eigenvalue weighted by molar-refractivity contribution is 0.187. The molecule has 0 aromatic carbocycles. The van der Waals surface area contributed by atoms with Crippen molar-refractivity contribution in [2.45, 2.75) is 38.5 Å². The van der Waals surface area contributed by atoms with Gasteiger partial charge in [-0.25, -0.2) is 4.79 Å². The summed E-state index contributed by atoms with van der Waals surface area (Å²) in [6.07, 6.45) is 6.20. The zero-order valence-corrected chi connectivity index (χ0v) is 11.2. The van der Waals surface area contributed by atoms with Crippen LogP contribution in [0, 0.1) is 11.3 Å². The summed E-state index contributed by atoms with van der Waals surface area (Å²) >= 11 is 1.52. The van der Waals surface area contributed by atoms with E-state index in [2.05, 4.69) is 16.1 Å². The molecule has 1 amide bonds.